The number of nitrogens with zero attached hydrogens (tertiary/aromatic N) is 1. The summed E-state index contributed by atoms with van der Waals surface area (Å²) in [4.78, 5) is 14.4. The molecule has 0 fully saturated rings. The summed E-state index contributed by atoms with van der Waals surface area (Å²) in [6.45, 7) is 6.80. The molecule has 0 saturated heterocycles. The Balaban J connectivity index is 2.68. The molecule has 17 heavy (non-hydrogen) atoms. The highest BCUT2D eigenvalue weighted by Crippen LogP contribution is 2.38. The molecule has 1 aliphatic rings. The van der Waals surface area contributed by atoms with Crippen LogP contribution in [-0.2, 0) is 0 Å². The molecule has 0 heterocycles. The van der Waals surface area contributed by atoms with Gasteiger partial charge in [-0.3, -0.25) is 4.79 Å². The van der Waals surface area contributed by atoms with Crippen LogP contribution < -0.4 is 0 Å². The molecular formula is C14H23NOS. The summed E-state index contributed by atoms with van der Waals surface area (Å²) in [6.07, 6.45) is 7.56. The molecule has 3 heteroatoms. The fourth-order valence-corrected chi connectivity index (χ4v) is 2.44. The Morgan fingerprint density at radius 3 is 2.41 bits per heavy atom. The van der Waals surface area contributed by atoms with E-state index in [0.29, 0.717) is 0 Å². The van der Waals surface area contributed by atoms with E-state index in [2.05, 4.69) is 32.9 Å². The van der Waals surface area contributed by atoms with Crippen molar-refractivity contribution in [2.24, 2.45) is 5.41 Å². The monoisotopic (exact) mass is 253 g/mol. The lowest BCUT2D eigenvalue weighted by atomic mass is 9.78. The summed E-state index contributed by atoms with van der Waals surface area (Å²) in [5.74, 6) is 0. The van der Waals surface area contributed by atoms with Gasteiger partial charge in [0.1, 0.15) is 0 Å². The first-order valence-corrected chi connectivity index (χ1v) is 6.98. The van der Waals surface area contributed by atoms with Crippen molar-refractivity contribution in [3.8, 4) is 0 Å². The third-order valence-corrected chi connectivity index (χ3v) is 4.59. The lowest BCUT2D eigenvalue weighted by molar-refractivity contribution is 0.241. The number of allylic oxidation sites excluding steroid dienone is 4. The molecule has 96 valence electrons. The van der Waals surface area contributed by atoms with Gasteiger partial charge in [0.25, 0.3) is 5.24 Å². The predicted molar refractivity (Wildman–Crippen MR) is 76.1 cm³/mol. The Morgan fingerprint density at radius 1 is 1.35 bits per heavy atom. The summed E-state index contributed by atoms with van der Waals surface area (Å²) >= 11 is 1.35. The van der Waals surface area contributed by atoms with Gasteiger partial charge in [-0.1, -0.05) is 38.5 Å². The maximum atomic E-state index is 11.6. The molecule has 1 rings (SSSR count). The van der Waals surface area contributed by atoms with Crippen molar-refractivity contribution in [2.45, 2.75) is 40.0 Å². The molecule has 0 aromatic heterocycles. The topological polar surface area (TPSA) is 20.3 Å². The number of amides is 1. The van der Waals surface area contributed by atoms with E-state index in [1.54, 1.807) is 19.0 Å². The van der Waals surface area contributed by atoms with Gasteiger partial charge < -0.3 is 4.90 Å². The minimum Gasteiger partial charge on any atom is -0.339 e. The fraction of sp³-hybridized carbons (Fsp3) is 0.643. The molecule has 0 radical (unpaired) electrons. The second-order valence-corrected chi connectivity index (χ2v) is 6.40. The molecule has 0 atom stereocenters. The molecule has 0 N–H and O–H groups in total. The maximum Gasteiger partial charge on any atom is 0.285 e. The van der Waals surface area contributed by atoms with Crippen LogP contribution in [0.5, 0.6) is 0 Å². The second kappa shape index (κ2) is 5.76. The lowest BCUT2D eigenvalue weighted by Gasteiger charge is -2.29. The normalized spacial score (nSPS) is 16.3. The molecule has 0 aliphatic heterocycles. The van der Waals surface area contributed by atoms with Gasteiger partial charge in [-0.25, -0.2) is 0 Å². The standard InChI is InChI=1S/C14H23NOS/c1-6-14(2,3)11-7-9-12(10-8-11)17-13(16)15(4)5/h7,9H,6,8,10H2,1-5H3. The van der Waals surface area contributed by atoms with E-state index < -0.39 is 0 Å². The van der Waals surface area contributed by atoms with Gasteiger partial charge in [-0.05, 0) is 41.3 Å². The zero-order valence-electron chi connectivity index (χ0n) is 11.5. The van der Waals surface area contributed by atoms with Gasteiger partial charge in [-0.15, -0.1) is 0 Å². The quantitative estimate of drug-likeness (QED) is 0.741. The summed E-state index contributed by atoms with van der Waals surface area (Å²) in [5.41, 5.74) is 1.79. The number of carbonyl (C=O) groups excluding carboxylic acids is 1. The first-order chi connectivity index (χ1) is 7.86. The SMILES string of the molecule is CCC(C)(C)C1=CC=C(SC(=O)N(C)C)CC1. The van der Waals surface area contributed by atoms with Gasteiger partial charge in [0, 0.05) is 14.1 Å². The number of hydrogen-bond donors (Lipinski definition) is 0. The van der Waals surface area contributed by atoms with Gasteiger partial charge >= 0.3 is 0 Å². The van der Waals surface area contributed by atoms with Crippen molar-refractivity contribution in [3.05, 3.63) is 22.6 Å². The molecule has 0 aromatic carbocycles. The number of hydrogen-bond acceptors (Lipinski definition) is 2. The summed E-state index contributed by atoms with van der Waals surface area (Å²) in [5, 5.41) is 0.114. The van der Waals surface area contributed by atoms with E-state index in [4.69, 9.17) is 0 Å². The number of carbonyl (C=O) groups is 1. The van der Waals surface area contributed by atoms with Crippen LogP contribution in [-0.4, -0.2) is 24.2 Å². The molecule has 1 aliphatic carbocycles. The van der Waals surface area contributed by atoms with E-state index >= 15 is 0 Å². The lowest BCUT2D eigenvalue weighted by Crippen LogP contribution is -2.17. The third kappa shape index (κ3) is 3.91. The third-order valence-electron chi connectivity index (χ3n) is 3.45. The van der Waals surface area contributed by atoms with Crippen LogP contribution >= 0.6 is 11.8 Å². The van der Waals surface area contributed by atoms with Crippen LogP contribution in [0.4, 0.5) is 4.79 Å². The molecule has 1 amide bonds. The number of rotatable bonds is 3. The highest BCUT2D eigenvalue weighted by atomic mass is 32.2. The van der Waals surface area contributed by atoms with Crippen molar-refractivity contribution in [1.82, 2.24) is 4.90 Å². The number of thioether (sulfide) groups is 1. The van der Waals surface area contributed by atoms with E-state index in [-0.39, 0.29) is 10.7 Å². The smallest absolute Gasteiger partial charge is 0.285 e. The van der Waals surface area contributed by atoms with Crippen molar-refractivity contribution < 1.29 is 4.79 Å². The molecular weight excluding hydrogens is 230 g/mol. The van der Waals surface area contributed by atoms with E-state index in [1.807, 2.05) is 0 Å². The molecule has 0 unspecified atom stereocenters. The van der Waals surface area contributed by atoms with Gasteiger partial charge in [0.2, 0.25) is 0 Å². The molecule has 0 spiro atoms. The van der Waals surface area contributed by atoms with Crippen LogP contribution in [0.15, 0.2) is 22.6 Å². The van der Waals surface area contributed by atoms with Gasteiger partial charge in [0.15, 0.2) is 0 Å². The van der Waals surface area contributed by atoms with Gasteiger partial charge in [-0.2, -0.15) is 0 Å². The Hall–Kier alpha value is -0.700. The zero-order chi connectivity index (χ0) is 13.1. The average Bonchev–Trinajstić information content (AvgIpc) is 2.29. The summed E-state index contributed by atoms with van der Waals surface area (Å²) in [7, 11) is 3.58. The highest BCUT2D eigenvalue weighted by Gasteiger charge is 2.23. The summed E-state index contributed by atoms with van der Waals surface area (Å²) < 4.78 is 0. The molecule has 0 aromatic rings. The van der Waals surface area contributed by atoms with Crippen molar-refractivity contribution in [1.29, 1.82) is 0 Å². The Kier molecular flexibility index (Phi) is 4.87. The first-order valence-electron chi connectivity index (χ1n) is 6.16. The predicted octanol–water partition coefficient (Wildman–Crippen LogP) is 4.44. The second-order valence-electron chi connectivity index (χ2n) is 5.32. The van der Waals surface area contributed by atoms with Crippen molar-refractivity contribution in [3.63, 3.8) is 0 Å². The molecule has 0 bridgehead atoms. The maximum absolute atomic E-state index is 11.6. The van der Waals surface area contributed by atoms with Crippen LogP contribution in [0.1, 0.15) is 40.0 Å². The largest absolute Gasteiger partial charge is 0.339 e. The van der Waals surface area contributed by atoms with Crippen LogP contribution in [0, 0.1) is 5.41 Å². The minimum absolute atomic E-state index is 0.114. The van der Waals surface area contributed by atoms with Gasteiger partial charge in [0.05, 0.1) is 0 Å². The zero-order valence-corrected chi connectivity index (χ0v) is 12.4. The van der Waals surface area contributed by atoms with E-state index in [9.17, 15) is 4.79 Å². The highest BCUT2D eigenvalue weighted by molar-refractivity contribution is 8.16. The van der Waals surface area contributed by atoms with Crippen LogP contribution in [0.2, 0.25) is 0 Å². The van der Waals surface area contributed by atoms with E-state index in [1.165, 1.54) is 22.2 Å². The van der Waals surface area contributed by atoms with Crippen LogP contribution in [0.3, 0.4) is 0 Å². The molecule has 0 saturated carbocycles. The Bertz CT molecular complexity index is 353. The fourth-order valence-electron chi connectivity index (χ4n) is 1.70. The van der Waals surface area contributed by atoms with E-state index in [0.717, 1.165) is 19.3 Å². The molecule has 2 nitrogen and oxygen atoms in total. The minimum atomic E-state index is 0.114. The van der Waals surface area contributed by atoms with Crippen molar-refractivity contribution >= 4 is 17.0 Å². The average molecular weight is 253 g/mol. The first kappa shape index (κ1) is 14.4. The Morgan fingerprint density at radius 2 is 2.00 bits per heavy atom. The van der Waals surface area contributed by atoms with Crippen molar-refractivity contribution in [2.75, 3.05) is 14.1 Å². The Labute approximate surface area is 109 Å². The summed E-state index contributed by atoms with van der Waals surface area (Å²) in [6, 6.07) is 0. The van der Waals surface area contributed by atoms with Crippen LogP contribution in [0.25, 0.3) is 0 Å².